The van der Waals surface area contributed by atoms with Gasteiger partial charge in [0.2, 0.25) is 0 Å². The number of benzene rings is 8. The van der Waals surface area contributed by atoms with Crippen LogP contribution in [0.4, 0.5) is 0 Å². The number of para-hydroxylation sites is 1. The Bertz CT molecular complexity index is 2980. The molecule has 0 aliphatic heterocycles. The van der Waals surface area contributed by atoms with Crippen molar-refractivity contribution in [2.75, 3.05) is 0 Å². The van der Waals surface area contributed by atoms with Crippen LogP contribution in [-0.2, 0) is 6.54 Å². The summed E-state index contributed by atoms with van der Waals surface area (Å²) in [5.41, 5.74) is 14.5. The minimum absolute atomic E-state index is 0.612. The average Bonchev–Trinajstić information content (AvgIpc) is 3.90. The molecule has 0 atom stereocenters. The van der Waals surface area contributed by atoms with Crippen LogP contribution in [0.25, 0.3) is 94.4 Å². The highest BCUT2D eigenvalue weighted by Gasteiger charge is 2.23. The fourth-order valence-corrected chi connectivity index (χ4v) is 8.36. The molecule has 0 N–H and O–H groups in total. The first-order valence-electron chi connectivity index (χ1n) is 18.1. The van der Waals surface area contributed by atoms with E-state index in [1.165, 1.54) is 66.0 Å². The van der Waals surface area contributed by atoms with Gasteiger partial charge in [-0.2, -0.15) is 5.10 Å². The molecule has 0 saturated carbocycles. The Labute approximate surface area is 306 Å². The summed E-state index contributed by atoms with van der Waals surface area (Å²) in [6, 6.07) is 65.3. The molecule has 8 aromatic carbocycles. The van der Waals surface area contributed by atoms with Gasteiger partial charge in [0.1, 0.15) is 0 Å². The lowest BCUT2D eigenvalue weighted by Gasteiger charge is -2.12. The zero-order valence-electron chi connectivity index (χ0n) is 28.8. The predicted molar refractivity (Wildman–Crippen MR) is 218 cm³/mol. The molecule has 4 nitrogen and oxygen atoms in total. The van der Waals surface area contributed by atoms with Gasteiger partial charge in [0, 0.05) is 27.6 Å². The van der Waals surface area contributed by atoms with Crippen LogP contribution in [0.3, 0.4) is 0 Å². The maximum absolute atomic E-state index is 4.99. The molecule has 1 aliphatic carbocycles. The summed E-state index contributed by atoms with van der Waals surface area (Å²) in [5, 5.41) is 10.1. The summed E-state index contributed by atoms with van der Waals surface area (Å²) in [6.45, 7) is 0.612. The van der Waals surface area contributed by atoms with Crippen molar-refractivity contribution in [3.8, 4) is 61.8 Å². The minimum atomic E-state index is 0.612. The molecule has 1 aliphatic rings. The van der Waals surface area contributed by atoms with Crippen LogP contribution in [0.15, 0.2) is 182 Å². The quantitative estimate of drug-likeness (QED) is 0.176. The van der Waals surface area contributed by atoms with E-state index in [0.29, 0.717) is 6.54 Å². The Morgan fingerprint density at radius 2 is 1.04 bits per heavy atom. The van der Waals surface area contributed by atoms with Gasteiger partial charge in [0.25, 0.3) is 0 Å². The third-order valence-corrected chi connectivity index (χ3v) is 10.8. The van der Waals surface area contributed by atoms with Gasteiger partial charge in [0.15, 0.2) is 11.6 Å². The molecule has 0 unspecified atom stereocenters. The van der Waals surface area contributed by atoms with Crippen molar-refractivity contribution >= 4 is 32.6 Å². The fraction of sp³-hybridized carbons (Fsp3) is 0.0204. The molecule has 0 amide bonds. The van der Waals surface area contributed by atoms with Gasteiger partial charge in [-0.3, -0.25) is 0 Å². The summed E-state index contributed by atoms with van der Waals surface area (Å²) in [5.74, 6) is 1.59. The van der Waals surface area contributed by atoms with Gasteiger partial charge in [-0.15, -0.1) is 0 Å². The Kier molecular flexibility index (Phi) is 6.58. The Morgan fingerprint density at radius 1 is 0.415 bits per heavy atom. The molecule has 53 heavy (non-hydrogen) atoms. The average molecular weight is 677 g/mol. The summed E-state index contributed by atoms with van der Waals surface area (Å²) in [7, 11) is 0. The number of nitrogens with zero attached hydrogens (tertiary/aromatic N) is 4. The van der Waals surface area contributed by atoms with Crippen molar-refractivity contribution in [1.82, 2.24) is 19.3 Å². The number of hydrogen-bond donors (Lipinski definition) is 0. The largest absolute Gasteiger partial charge is 0.309 e. The van der Waals surface area contributed by atoms with Crippen LogP contribution in [-0.4, -0.2) is 19.3 Å². The van der Waals surface area contributed by atoms with Gasteiger partial charge >= 0.3 is 0 Å². The van der Waals surface area contributed by atoms with Gasteiger partial charge in [-0.05, 0) is 80.0 Å². The van der Waals surface area contributed by atoms with E-state index in [1.807, 2.05) is 41.1 Å². The number of fused-ring (bicyclic) bond motifs is 6. The van der Waals surface area contributed by atoms with Crippen LogP contribution < -0.4 is 0 Å². The van der Waals surface area contributed by atoms with Crippen LogP contribution in [0.2, 0.25) is 0 Å². The Morgan fingerprint density at radius 3 is 1.83 bits per heavy atom. The van der Waals surface area contributed by atoms with E-state index >= 15 is 0 Å². The molecule has 0 radical (unpaired) electrons. The molecular formula is C49H32N4. The Balaban J connectivity index is 0.983. The molecule has 0 spiro atoms. The maximum atomic E-state index is 4.99. The van der Waals surface area contributed by atoms with Gasteiger partial charge < -0.3 is 4.57 Å². The van der Waals surface area contributed by atoms with E-state index in [1.54, 1.807) is 0 Å². The van der Waals surface area contributed by atoms with Gasteiger partial charge in [0.05, 0.1) is 17.6 Å². The monoisotopic (exact) mass is 676 g/mol. The molecular weight excluding hydrogens is 645 g/mol. The summed E-state index contributed by atoms with van der Waals surface area (Å²) in [6.07, 6.45) is 0. The van der Waals surface area contributed by atoms with Gasteiger partial charge in [-0.25, -0.2) is 9.67 Å². The first kappa shape index (κ1) is 29.7. The zero-order valence-corrected chi connectivity index (χ0v) is 28.8. The van der Waals surface area contributed by atoms with Crippen molar-refractivity contribution in [3.63, 3.8) is 0 Å². The molecule has 2 heterocycles. The number of rotatable bonds is 6. The number of hydrogen-bond acceptors (Lipinski definition) is 2. The third-order valence-electron chi connectivity index (χ3n) is 10.8. The molecule has 0 bridgehead atoms. The van der Waals surface area contributed by atoms with Crippen LogP contribution in [0.1, 0.15) is 5.56 Å². The van der Waals surface area contributed by atoms with E-state index < -0.39 is 0 Å². The molecule has 11 rings (SSSR count). The molecule has 4 heteroatoms. The lowest BCUT2D eigenvalue weighted by atomic mass is 9.93. The van der Waals surface area contributed by atoms with Crippen LogP contribution in [0, 0.1) is 0 Å². The highest BCUT2D eigenvalue weighted by atomic mass is 15.3. The SMILES string of the molecule is c1ccc(-c2nc(-c3ccccc3)n(Cc3ccc(-n4c5ccccc5c5cc(-c6ccc7c8c(cccc68)-c6ccccc6-7)ccc54)cc3)n2)cc1. The molecule has 10 aromatic rings. The van der Waals surface area contributed by atoms with E-state index in [0.717, 1.165) is 34.0 Å². The topological polar surface area (TPSA) is 35.6 Å². The van der Waals surface area contributed by atoms with E-state index in [4.69, 9.17) is 10.1 Å². The van der Waals surface area contributed by atoms with Crippen molar-refractivity contribution in [2.24, 2.45) is 0 Å². The highest BCUT2D eigenvalue weighted by molar-refractivity contribution is 6.19. The first-order valence-corrected chi connectivity index (χ1v) is 18.1. The molecule has 0 saturated heterocycles. The lowest BCUT2D eigenvalue weighted by Crippen LogP contribution is -2.04. The Hall–Kier alpha value is -7.04. The van der Waals surface area contributed by atoms with Crippen LogP contribution >= 0.6 is 0 Å². The van der Waals surface area contributed by atoms with Crippen molar-refractivity contribution in [1.29, 1.82) is 0 Å². The first-order chi connectivity index (χ1) is 26.3. The number of aromatic nitrogens is 4. The molecule has 0 fully saturated rings. The smallest absolute Gasteiger partial charge is 0.181 e. The van der Waals surface area contributed by atoms with E-state index in [-0.39, 0.29) is 0 Å². The molecule has 2 aromatic heterocycles. The van der Waals surface area contributed by atoms with Crippen LogP contribution in [0.5, 0.6) is 0 Å². The maximum Gasteiger partial charge on any atom is 0.181 e. The van der Waals surface area contributed by atoms with E-state index in [9.17, 15) is 0 Å². The second-order valence-electron chi connectivity index (χ2n) is 13.8. The fourth-order valence-electron chi connectivity index (χ4n) is 8.36. The van der Waals surface area contributed by atoms with E-state index in [2.05, 4.69) is 150 Å². The minimum Gasteiger partial charge on any atom is -0.309 e. The predicted octanol–water partition coefficient (Wildman–Crippen LogP) is 12.2. The van der Waals surface area contributed by atoms with Gasteiger partial charge in [-0.1, -0.05) is 152 Å². The van der Waals surface area contributed by atoms with Crippen molar-refractivity contribution in [3.05, 3.63) is 188 Å². The molecule has 248 valence electrons. The standard InChI is InChI=1S/C49H32N4/c1-3-12-33(13-4-1)48-50-49(34-14-5-2-6-15-34)52(51-48)31-32-22-25-36(26-23-32)53-45-21-10-9-18-40(45)44-30-35(24-29-46(44)53)37-27-28-43-39-17-8-7-16-38(39)42-20-11-19-41(37)47(42)43/h1-30H,31H2. The summed E-state index contributed by atoms with van der Waals surface area (Å²) < 4.78 is 4.41. The highest BCUT2D eigenvalue weighted by Crippen LogP contribution is 2.49. The summed E-state index contributed by atoms with van der Waals surface area (Å²) >= 11 is 0. The normalized spacial score (nSPS) is 11.8. The second-order valence-corrected chi connectivity index (χ2v) is 13.8. The zero-order chi connectivity index (χ0) is 34.9. The van der Waals surface area contributed by atoms with Crippen molar-refractivity contribution < 1.29 is 0 Å². The summed E-state index contributed by atoms with van der Waals surface area (Å²) in [4.78, 5) is 4.99. The second kappa shape index (κ2) is 11.8. The lowest BCUT2D eigenvalue weighted by molar-refractivity contribution is 0.695. The van der Waals surface area contributed by atoms with Crippen molar-refractivity contribution in [2.45, 2.75) is 6.54 Å². The third kappa shape index (κ3) is 4.69.